The topological polar surface area (TPSA) is 0 Å². The Morgan fingerprint density at radius 1 is 1.42 bits per heavy atom. The molecule has 0 aromatic heterocycles. The molecular formula is C12H20. The van der Waals surface area contributed by atoms with E-state index in [1.165, 1.54) is 19.3 Å². The summed E-state index contributed by atoms with van der Waals surface area (Å²) in [5, 5.41) is 0. The smallest absolute Gasteiger partial charge is 0.0146 e. The molecule has 0 heterocycles. The summed E-state index contributed by atoms with van der Waals surface area (Å²) >= 11 is 0. The summed E-state index contributed by atoms with van der Waals surface area (Å²) in [4.78, 5) is 0. The van der Waals surface area contributed by atoms with Crippen molar-refractivity contribution < 1.29 is 0 Å². The second-order valence-electron chi connectivity index (χ2n) is 5.22. The molecule has 3 fully saturated rings. The van der Waals surface area contributed by atoms with Gasteiger partial charge in [0.05, 0.1) is 0 Å². The fourth-order valence-electron chi connectivity index (χ4n) is 3.25. The third-order valence-corrected chi connectivity index (χ3v) is 4.50. The fourth-order valence-corrected chi connectivity index (χ4v) is 3.25. The van der Waals surface area contributed by atoms with Gasteiger partial charge in [-0.2, -0.15) is 0 Å². The van der Waals surface area contributed by atoms with Gasteiger partial charge in [0, 0.05) is 0 Å². The number of rotatable bonds is 1. The van der Waals surface area contributed by atoms with E-state index in [-0.39, 0.29) is 0 Å². The van der Waals surface area contributed by atoms with E-state index in [9.17, 15) is 0 Å². The van der Waals surface area contributed by atoms with E-state index in [0.29, 0.717) is 5.41 Å². The van der Waals surface area contributed by atoms with Crippen molar-refractivity contribution in [2.45, 2.75) is 40.0 Å². The molecule has 12 heavy (non-hydrogen) atoms. The standard InChI is InChI=1S/C12H20/c1-5-9-6-10-7-11(8(9)2)12(10,3)4/h9-11H,2,5-7H2,1,3-4H3/t9-,10-,11-/m0/s1. The molecule has 3 atom stereocenters. The molecule has 0 spiro atoms. The number of fused-ring (bicyclic) bond motifs is 2. The van der Waals surface area contributed by atoms with Gasteiger partial charge in [-0.15, -0.1) is 0 Å². The lowest BCUT2D eigenvalue weighted by Gasteiger charge is -2.60. The summed E-state index contributed by atoms with van der Waals surface area (Å²) in [5.74, 6) is 2.70. The van der Waals surface area contributed by atoms with Crippen LogP contribution in [-0.4, -0.2) is 0 Å². The lowest BCUT2D eigenvalue weighted by Crippen LogP contribution is -2.51. The Labute approximate surface area is 76.1 Å². The molecule has 0 aliphatic heterocycles. The van der Waals surface area contributed by atoms with Gasteiger partial charge in [0.1, 0.15) is 0 Å². The zero-order chi connectivity index (χ0) is 8.93. The maximum atomic E-state index is 4.28. The third kappa shape index (κ3) is 0.841. The van der Waals surface area contributed by atoms with Crippen LogP contribution in [0.3, 0.4) is 0 Å². The first-order valence-corrected chi connectivity index (χ1v) is 5.26. The normalized spacial score (nSPS) is 43.9. The van der Waals surface area contributed by atoms with Gasteiger partial charge in [-0.05, 0) is 42.4 Å². The van der Waals surface area contributed by atoms with Crippen molar-refractivity contribution in [2.24, 2.45) is 23.2 Å². The van der Waals surface area contributed by atoms with Crippen molar-refractivity contribution in [1.29, 1.82) is 0 Å². The molecule has 0 unspecified atom stereocenters. The van der Waals surface area contributed by atoms with Crippen molar-refractivity contribution in [3.8, 4) is 0 Å². The molecule has 3 rings (SSSR count). The summed E-state index contributed by atoms with van der Waals surface area (Å²) in [6.07, 6.45) is 4.16. The van der Waals surface area contributed by atoms with Crippen LogP contribution >= 0.6 is 0 Å². The Bertz CT molecular complexity index is 212. The van der Waals surface area contributed by atoms with E-state index in [1.807, 2.05) is 0 Å². The van der Waals surface area contributed by atoms with Crippen LogP contribution in [0.5, 0.6) is 0 Å². The minimum atomic E-state index is 0.586. The van der Waals surface area contributed by atoms with Gasteiger partial charge in [0.2, 0.25) is 0 Å². The average molecular weight is 164 g/mol. The number of hydrogen-bond donors (Lipinski definition) is 0. The summed E-state index contributed by atoms with van der Waals surface area (Å²) in [6.45, 7) is 11.4. The Kier molecular flexibility index (Phi) is 1.65. The van der Waals surface area contributed by atoms with Gasteiger partial charge in [0.25, 0.3) is 0 Å². The molecule has 0 nitrogen and oxygen atoms in total. The van der Waals surface area contributed by atoms with Gasteiger partial charge in [-0.1, -0.05) is 32.9 Å². The Morgan fingerprint density at radius 2 is 2.08 bits per heavy atom. The van der Waals surface area contributed by atoms with E-state index in [4.69, 9.17) is 0 Å². The molecule has 0 saturated heterocycles. The van der Waals surface area contributed by atoms with Crippen molar-refractivity contribution in [3.63, 3.8) is 0 Å². The lowest BCUT2D eigenvalue weighted by atomic mass is 9.45. The maximum Gasteiger partial charge on any atom is -0.0146 e. The molecular weight excluding hydrogens is 144 g/mol. The summed E-state index contributed by atoms with van der Waals surface area (Å²) in [6, 6.07) is 0. The minimum absolute atomic E-state index is 0.586. The van der Waals surface area contributed by atoms with E-state index in [0.717, 1.165) is 17.8 Å². The monoisotopic (exact) mass is 164 g/mol. The van der Waals surface area contributed by atoms with Crippen LogP contribution in [0.2, 0.25) is 0 Å². The molecule has 0 amide bonds. The first kappa shape index (κ1) is 8.34. The van der Waals surface area contributed by atoms with Crippen LogP contribution in [0.15, 0.2) is 12.2 Å². The summed E-state index contributed by atoms with van der Waals surface area (Å²) in [5.41, 5.74) is 2.15. The second kappa shape index (κ2) is 2.37. The predicted octanol–water partition coefficient (Wildman–Crippen LogP) is 3.63. The molecule has 3 saturated carbocycles. The lowest BCUT2D eigenvalue weighted by molar-refractivity contribution is -0.0472. The minimum Gasteiger partial charge on any atom is -0.0993 e. The molecule has 68 valence electrons. The Hall–Kier alpha value is -0.260. The first-order valence-electron chi connectivity index (χ1n) is 5.26. The van der Waals surface area contributed by atoms with Crippen LogP contribution in [-0.2, 0) is 0 Å². The van der Waals surface area contributed by atoms with Crippen molar-refractivity contribution in [1.82, 2.24) is 0 Å². The third-order valence-electron chi connectivity index (χ3n) is 4.50. The highest BCUT2D eigenvalue weighted by Gasteiger charge is 2.53. The number of hydrogen-bond acceptors (Lipinski definition) is 0. The Morgan fingerprint density at radius 3 is 2.50 bits per heavy atom. The first-order chi connectivity index (χ1) is 5.57. The van der Waals surface area contributed by atoms with Gasteiger partial charge < -0.3 is 0 Å². The Balaban J connectivity index is 2.17. The average Bonchev–Trinajstić information content (AvgIpc) is 2.03. The van der Waals surface area contributed by atoms with Crippen LogP contribution in [0, 0.1) is 23.2 Å². The van der Waals surface area contributed by atoms with E-state index >= 15 is 0 Å². The maximum absolute atomic E-state index is 4.28. The van der Waals surface area contributed by atoms with Crippen LogP contribution < -0.4 is 0 Å². The summed E-state index contributed by atoms with van der Waals surface area (Å²) in [7, 11) is 0. The zero-order valence-corrected chi connectivity index (χ0v) is 8.56. The van der Waals surface area contributed by atoms with E-state index in [2.05, 4.69) is 27.4 Å². The molecule has 2 bridgehead atoms. The van der Waals surface area contributed by atoms with Gasteiger partial charge in [-0.3, -0.25) is 0 Å². The SMILES string of the molecule is C=C1[C@@H](CC)C[C@H]2C[C@@H]1C2(C)C. The molecule has 0 aromatic carbocycles. The van der Waals surface area contributed by atoms with Gasteiger partial charge in [-0.25, -0.2) is 0 Å². The molecule has 0 radical (unpaired) electrons. The highest BCUT2D eigenvalue weighted by molar-refractivity contribution is 5.21. The second-order valence-corrected chi connectivity index (χ2v) is 5.22. The molecule has 3 aliphatic carbocycles. The predicted molar refractivity (Wildman–Crippen MR) is 52.9 cm³/mol. The van der Waals surface area contributed by atoms with Crippen LogP contribution in [0.1, 0.15) is 40.0 Å². The quantitative estimate of drug-likeness (QED) is 0.519. The molecule has 0 N–H and O–H groups in total. The fraction of sp³-hybridized carbons (Fsp3) is 0.833. The van der Waals surface area contributed by atoms with Crippen molar-refractivity contribution in [2.75, 3.05) is 0 Å². The van der Waals surface area contributed by atoms with E-state index in [1.54, 1.807) is 5.57 Å². The van der Waals surface area contributed by atoms with E-state index < -0.39 is 0 Å². The highest BCUT2D eigenvalue weighted by Crippen LogP contribution is 2.62. The number of allylic oxidation sites excluding steroid dienone is 1. The van der Waals surface area contributed by atoms with Crippen molar-refractivity contribution in [3.05, 3.63) is 12.2 Å². The highest BCUT2D eigenvalue weighted by atomic mass is 14.6. The molecule has 3 aliphatic rings. The largest absolute Gasteiger partial charge is 0.0993 e. The molecule has 0 aromatic rings. The van der Waals surface area contributed by atoms with Crippen LogP contribution in [0.4, 0.5) is 0 Å². The van der Waals surface area contributed by atoms with Crippen LogP contribution in [0.25, 0.3) is 0 Å². The summed E-state index contributed by atoms with van der Waals surface area (Å²) < 4.78 is 0. The molecule has 0 heteroatoms. The van der Waals surface area contributed by atoms with Gasteiger partial charge >= 0.3 is 0 Å². The zero-order valence-electron chi connectivity index (χ0n) is 8.56. The van der Waals surface area contributed by atoms with Crippen molar-refractivity contribution >= 4 is 0 Å². The van der Waals surface area contributed by atoms with Gasteiger partial charge in [0.15, 0.2) is 0 Å².